The van der Waals surface area contributed by atoms with Crippen molar-refractivity contribution in [2.24, 2.45) is 0 Å². The van der Waals surface area contributed by atoms with Crippen LogP contribution in [0.5, 0.6) is 5.75 Å². The molecule has 0 aromatic heterocycles. The van der Waals surface area contributed by atoms with Crippen LogP contribution in [0, 0.1) is 6.92 Å². The van der Waals surface area contributed by atoms with Crippen molar-refractivity contribution in [3.63, 3.8) is 0 Å². The molecule has 0 bridgehead atoms. The topological polar surface area (TPSA) is 52.6 Å². The van der Waals surface area contributed by atoms with E-state index in [1.54, 1.807) is 20.1 Å². The Morgan fingerprint density at radius 3 is 2.35 bits per heavy atom. The number of hydrogen-bond acceptors (Lipinski definition) is 4. The maximum absolute atomic E-state index is 12.3. The van der Waals surface area contributed by atoms with Gasteiger partial charge in [-0.05, 0) is 39.3 Å². The van der Waals surface area contributed by atoms with Crippen LogP contribution in [0.2, 0.25) is 0 Å². The summed E-state index contributed by atoms with van der Waals surface area (Å²) in [7, 11) is 1.60. The fourth-order valence-corrected chi connectivity index (χ4v) is 3.07. The second-order valence-electron chi connectivity index (χ2n) is 5.75. The molecule has 2 aliphatic rings. The molecule has 0 N–H and O–H groups in total. The Morgan fingerprint density at radius 1 is 1.10 bits per heavy atom. The monoisotopic (exact) mass is 272 g/mol. The lowest BCUT2D eigenvalue weighted by Crippen LogP contribution is -2.23. The van der Waals surface area contributed by atoms with Gasteiger partial charge in [0.1, 0.15) is 17.1 Å². The summed E-state index contributed by atoms with van der Waals surface area (Å²) in [5.74, 6) is 0.274. The minimum Gasteiger partial charge on any atom is -0.496 e. The first-order valence-electron chi connectivity index (χ1n) is 6.51. The van der Waals surface area contributed by atoms with E-state index in [1.165, 1.54) is 0 Å². The number of hydrogen-bond donors (Lipinski definition) is 0. The van der Waals surface area contributed by atoms with Crippen LogP contribution in [0.15, 0.2) is 11.6 Å². The second-order valence-corrected chi connectivity index (χ2v) is 5.75. The third kappa shape index (κ3) is 1.36. The maximum atomic E-state index is 12.3. The molecule has 0 amide bonds. The Kier molecular flexibility index (Phi) is 2.40. The quantitative estimate of drug-likeness (QED) is 0.738. The van der Waals surface area contributed by atoms with E-state index >= 15 is 0 Å². The standard InChI is InChI=1S/C16H16O4/c1-7-6-9(19-5)12-11-10(7)14(18)13(17)8(2)15(11)20-16(12,3)4/h6H,1-5H3. The molecule has 1 aromatic rings. The number of ether oxygens (including phenoxy) is 2. The minimum atomic E-state index is -0.620. The molecule has 0 radical (unpaired) electrons. The molecule has 1 aliphatic heterocycles. The molecule has 20 heavy (non-hydrogen) atoms. The smallest absolute Gasteiger partial charge is 0.234 e. The lowest BCUT2D eigenvalue weighted by molar-refractivity contribution is -0.112. The Balaban J connectivity index is 2.51. The number of methoxy groups -OCH3 is 1. The van der Waals surface area contributed by atoms with Gasteiger partial charge < -0.3 is 9.47 Å². The van der Waals surface area contributed by atoms with Gasteiger partial charge in [-0.2, -0.15) is 0 Å². The van der Waals surface area contributed by atoms with Gasteiger partial charge in [-0.1, -0.05) is 0 Å². The average Bonchev–Trinajstić information content (AvgIpc) is 2.66. The van der Waals surface area contributed by atoms with E-state index in [0.717, 1.165) is 16.7 Å². The van der Waals surface area contributed by atoms with Crippen LogP contribution in [0.25, 0.3) is 5.76 Å². The molecule has 1 aliphatic carbocycles. The highest BCUT2D eigenvalue weighted by atomic mass is 16.5. The van der Waals surface area contributed by atoms with Crippen LogP contribution in [0.1, 0.15) is 47.8 Å². The number of aryl methyl sites for hydroxylation is 1. The van der Waals surface area contributed by atoms with Gasteiger partial charge >= 0.3 is 0 Å². The predicted molar refractivity (Wildman–Crippen MR) is 73.8 cm³/mol. The Morgan fingerprint density at radius 2 is 1.75 bits per heavy atom. The van der Waals surface area contributed by atoms with Crippen molar-refractivity contribution in [1.29, 1.82) is 0 Å². The third-order valence-corrected chi connectivity index (χ3v) is 4.01. The highest BCUT2D eigenvalue weighted by Crippen LogP contribution is 2.52. The number of Topliss-reactive ketones (excluding diaryl/α,β-unsaturated/α-hetero) is 2. The largest absolute Gasteiger partial charge is 0.496 e. The van der Waals surface area contributed by atoms with Crippen molar-refractivity contribution in [2.75, 3.05) is 7.11 Å². The molecule has 0 fully saturated rings. The number of carbonyl (C=O) groups excluding carboxylic acids is 2. The molecule has 0 unspecified atom stereocenters. The fraction of sp³-hybridized carbons (Fsp3) is 0.375. The lowest BCUT2D eigenvalue weighted by Gasteiger charge is -2.21. The molecule has 0 saturated carbocycles. The van der Waals surface area contributed by atoms with E-state index in [0.29, 0.717) is 22.6 Å². The number of ketones is 2. The first kappa shape index (κ1) is 12.9. The normalized spacial score (nSPS) is 19.1. The minimum absolute atomic E-state index is 0.377. The molecule has 3 rings (SSSR count). The summed E-state index contributed by atoms with van der Waals surface area (Å²) >= 11 is 0. The fourth-order valence-electron chi connectivity index (χ4n) is 3.07. The van der Waals surface area contributed by atoms with Crippen molar-refractivity contribution >= 4 is 17.3 Å². The van der Waals surface area contributed by atoms with Crippen molar-refractivity contribution in [3.8, 4) is 5.75 Å². The molecular weight excluding hydrogens is 256 g/mol. The molecule has 4 nitrogen and oxygen atoms in total. The van der Waals surface area contributed by atoms with Gasteiger partial charge in [-0.25, -0.2) is 0 Å². The van der Waals surface area contributed by atoms with Crippen molar-refractivity contribution < 1.29 is 19.1 Å². The highest BCUT2D eigenvalue weighted by molar-refractivity contribution is 6.52. The first-order chi connectivity index (χ1) is 9.29. The van der Waals surface area contributed by atoms with Crippen LogP contribution in [0.4, 0.5) is 0 Å². The zero-order valence-corrected chi connectivity index (χ0v) is 12.2. The Labute approximate surface area is 117 Å². The van der Waals surface area contributed by atoms with Crippen molar-refractivity contribution in [1.82, 2.24) is 0 Å². The number of allylic oxidation sites excluding steroid dienone is 1. The lowest BCUT2D eigenvalue weighted by atomic mass is 9.82. The molecule has 0 spiro atoms. The summed E-state index contributed by atoms with van der Waals surface area (Å²) in [5, 5.41) is 0. The van der Waals surface area contributed by atoms with E-state index in [2.05, 4.69) is 0 Å². The molecule has 1 aromatic carbocycles. The molecule has 0 atom stereocenters. The van der Waals surface area contributed by atoms with Crippen LogP contribution < -0.4 is 4.74 Å². The van der Waals surface area contributed by atoms with Crippen molar-refractivity contribution in [3.05, 3.63) is 33.9 Å². The van der Waals surface area contributed by atoms with Gasteiger partial charge in [-0.3, -0.25) is 9.59 Å². The predicted octanol–water partition coefficient (Wildman–Crippen LogP) is 2.77. The number of carbonyl (C=O) groups is 2. The van der Waals surface area contributed by atoms with Gasteiger partial charge in [0.05, 0.1) is 7.11 Å². The van der Waals surface area contributed by atoms with Gasteiger partial charge in [0, 0.05) is 22.3 Å². The summed E-state index contributed by atoms with van der Waals surface area (Å²) in [6.07, 6.45) is 0. The van der Waals surface area contributed by atoms with Crippen molar-refractivity contribution in [2.45, 2.75) is 33.3 Å². The van der Waals surface area contributed by atoms with Crippen LogP contribution in [-0.4, -0.2) is 18.7 Å². The molecular formula is C16H16O4. The Hall–Kier alpha value is -2.10. The van der Waals surface area contributed by atoms with Crippen LogP contribution in [-0.2, 0) is 15.1 Å². The molecule has 0 saturated heterocycles. The summed E-state index contributed by atoms with van der Waals surface area (Å²) in [6.45, 7) is 7.27. The molecule has 1 heterocycles. The third-order valence-electron chi connectivity index (χ3n) is 4.01. The number of rotatable bonds is 1. The summed E-state index contributed by atoms with van der Waals surface area (Å²) in [5.41, 5.74) is 2.53. The number of benzene rings is 1. The van der Waals surface area contributed by atoms with Crippen LogP contribution in [0.3, 0.4) is 0 Å². The van der Waals surface area contributed by atoms with Gasteiger partial charge in [0.25, 0.3) is 0 Å². The maximum Gasteiger partial charge on any atom is 0.234 e. The van der Waals surface area contributed by atoms with E-state index in [9.17, 15) is 9.59 Å². The van der Waals surface area contributed by atoms with E-state index in [-0.39, 0.29) is 0 Å². The zero-order valence-electron chi connectivity index (χ0n) is 12.2. The molecule has 104 valence electrons. The summed E-state index contributed by atoms with van der Waals surface area (Å²) in [6, 6.07) is 1.80. The van der Waals surface area contributed by atoms with E-state index < -0.39 is 17.2 Å². The van der Waals surface area contributed by atoms with Gasteiger partial charge in [0.15, 0.2) is 0 Å². The Bertz CT molecular complexity index is 708. The van der Waals surface area contributed by atoms with Gasteiger partial charge in [0.2, 0.25) is 11.6 Å². The SMILES string of the molecule is COc1cc(C)c2c3c1C(C)(C)OC3=C(C)C(=O)C2=O. The van der Waals surface area contributed by atoms with Gasteiger partial charge in [-0.15, -0.1) is 0 Å². The summed E-state index contributed by atoms with van der Waals surface area (Å²) in [4.78, 5) is 24.4. The average molecular weight is 272 g/mol. The second kappa shape index (κ2) is 3.72. The summed E-state index contributed by atoms with van der Waals surface area (Å²) < 4.78 is 11.4. The zero-order chi connectivity index (χ0) is 14.8. The van der Waals surface area contributed by atoms with E-state index in [1.807, 2.05) is 20.8 Å². The first-order valence-corrected chi connectivity index (χ1v) is 6.51. The molecule has 4 heteroatoms. The van der Waals surface area contributed by atoms with Crippen LogP contribution >= 0.6 is 0 Å². The highest BCUT2D eigenvalue weighted by Gasteiger charge is 2.46. The van der Waals surface area contributed by atoms with E-state index in [4.69, 9.17) is 9.47 Å².